The molecule has 26 heavy (non-hydrogen) atoms. The van der Waals surface area contributed by atoms with E-state index in [-0.39, 0.29) is 18.2 Å². The van der Waals surface area contributed by atoms with Crippen LogP contribution in [0.3, 0.4) is 0 Å². The molecule has 0 amide bonds. The minimum atomic E-state index is -0.144. The van der Waals surface area contributed by atoms with E-state index in [2.05, 4.69) is 22.0 Å². The van der Waals surface area contributed by atoms with Crippen LogP contribution < -0.4 is 10.5 Å². The Bertz CT molecular complexity index is 850. The van der Waals surface area contributed by atoms with Crippen molar-refractivity contribution in [2.75, 3.05) is 13.1 Å². The van der Waals surface area contributed by atoms with Gasteiger partial charge in [0.05, 0.1) is 22.7 Å². The maximum absolute atomic E-state index is 9.03. The summed E-state index contributed by atoms with van der Waals surface area (Å²) in [6.07, 6.45) is 4.71. The Morgan fingerprint density at radius 3 is 3.00 bits per heavy atom. The molecular weight excluding hydrogens is 348 g/mol. The summed E-state index contributed by atoms with van der Waals surface area (Å²) in [5, 5.41) is 9.48. The van der Waals surface area contributed by atoms with Gasteiger partial charge in [0.2, 0.25) is 0 Å². The number of piperidine rings is 1. The highest BCUT2D eigenvalue weighted by atomic mass is 35.5. The molecule has 5 nitrogen and oxygen atoms in total. The second-order valence-electron chi connectivity index (χ2n) is 7.00. The SMILES string of the molecule is N#Cc1ccc(OC2c3cccnc3CC2N2CCCC(N)C2)c(Cl)c1. The van der Waals surface area contributed by atoms with Crippen molar-refractivity contribution in [2.45, 2.75) is 37.5 Å². The topological polar surface area (TPSA) is 75.2 Å². The zero-order chi connectivity index (χ0) is 18.1. The number of nitriles is 1. The summed E-state index contributed by atoms with van der Waals surface area (Å²) in [7, 11) is 0. The largest absolute Gasteiger partial charge is 0.482 e. The molecule has 1 aliphatic carbocycles. The summed E-state index contributed by atoms with van der Waals surface area (Å²) in [6.45, 7) is 1.90. The molecule has 0 saturated carbocycles. The van der Waals surface area contributed by atoms with Gasteiger partial charge in [-0.2, -0.15) is 5.26 Å². The molecule has 2 aromatic rings. The lowest BCUT2D eigenvalue weighted by molar-refractivity contribution is 0.0593. The maximum Gasteiger partial charge on any atom is 0.141 e. The Kier molecular flexibility index (Phi) is 4.82. The van der Waals surface area contributed by atoms with Gasteiger partial charge in [0.25, 0.3) is 0 Å². The lowest BCUT2D eigenvalue weighted by Gasteiger charge is -2.38. The van der Waals surface area contributed by atoms with Gasteiger partial charge in [0, 0.05) is 36.5 Å². The number of aromatic nitrogens is 1. The standard InChI is InChI=1S/C20H21ClN4O/c21-16-9-13(11-22)5-6-19(16)26-20-15-4-1-7-24-17(15)10-18(20)25-8-2-3-14(23)12-25/h1,4-7,9,14,18,20H,2-3,8,10,12,23H2. The van der Waals surface area contributed by atoms with Crippen LogP contribution in [0.2, 0.25) is 5.02 Å². The summed E-state index contributed by atoms with van der Waals surface area (Å²) in [6, 6.07) is 11.7. The minimum Gasteiger partial charge on any atom is -0.482 e. The summed E-state index contributed by atoms with van der Waals surface area (Å²) in [4.78, 5) is 6.98. The molecule has 3 atom stereocenters. The number of hydrogen-bond donors (Lipinski definition) is 1. The summed E-state index contributed by atoms with van der Waals surface area (Å²) >= 11 is 6.35. The van der Waals surface area contributed by atoms with Crippen molar-refractivity contribution in [1.82, 2.24) is 9.88 Å². The van der Waals surface area contributed by atoms with Gasteiger partial charge < -0.3 is 10.5 Å². The van der Waals surface area contributed by atoms with E-state index in [0.717, 1.165) is 43.6 Å². The van der Waals surface area contributed by atoms with Crippen molar-refractivity contribution in [3.63, 3.8) is 0 Å². The van der Waals surface area contributed by atoms with Crippen LogP contribution in [-0.4, -0.2) is 35.1 Å². The number of hydrogen-bond acceptors (Lipinski definition) is 5. The van der Waals surface area contributed by atoms with Gasteiger partial charge in [-0.15, -0.1) is 0 Å². The van der Waals surface area contributed by atoms with Crippen LogP contribution in [0.5, 0.6) is 5.75 Å². The van der Waals surface area contributed by atoms with Gasteiger partial charge in [-0.25, -0.2) is 0 Å². The fourth-order valence-electron chi connectivity index (χ4n) is 4.00. The van der Waals surface area contributed by atoms with E-state index in [1.54, 1.807) is 18.2 Å². The van der Waals surface area contributed by atoms with E-state index in [4.69, 9.17) is 27.3 Å². The van der Waals surface area contributed by atoms with E-state index >= 15 is 0 Å². The number of nitrogens with two attached hydrogens (primary N) is 1. The summed E-state index contributed by atoms with van der Waals surface area (Å²) in [5.41, 5.74) is 8.91. The first-order valence-corrected chi connectivity index (χ1v) is 9.33. The van der Waals surface area contributed by atoms with Gasteiger partial charge in [-0.05, 0) is 43.7 Å². The molecule has 1 aromatic heterocycles. The van der Waals surface area contributed by atoms with Gasteiger partial charge >= 0.3 is 0 Å². The molecule has 4 rings (SSSR count). The average molecular weight is 369 g/mol. The zero-order valence-electron chi connectivity index (χ0n) is 14.4. The Labute approximate surface area is 158 Å². The number of nitrogens with zero attached hydrogens (tertiary/aromatic N) is 3. The maximum atomic E-state index is 9.03. The van der Waals surface area contributed by atoms with E-state index in [9.17, 15) is 0 Å². The Hall–Kier alpha value is -2.13. The predicted molar refractivity (Wildman–Crippen MR) is 100 cm³/mol. The van der Waals surface area contributed by atoms with E-state index in [0.29, 0.717) is 16.3 Å². The van der Waals surface area contributed by atoms with Crippen LogP contribution in [0.1, 0.15) is 35.8 Å². The molecular formula is C20H21ClN4O. The van der Waals surface area contributed by atoms with Crippen LogP contribution in [-0.2, 0) is 6.42 Å². The van der Waals surface area contributed by atoms with Crippen molar-refractivity contribution in [1.29, 1.82) is 5.26 Å². The molecule has 0 spiro atoms. The number of likely N-dealkylation sites (tertiary alicyclic amines) is 1. The number of fused-ring (bicyclic) bond motifs is 1. The minimum absolute atomic E-state index is 0.144. The third-order valence-corrected chi connectivity index (χ3v) is 5.55. The molecule has 3 unspecified atom stereocenters. The van der Waals surface area contributed by atoms with Crippen LogP contribution in [0, 0.1) is 11.3 Å². The lowest BCUT2D eigenvalue weighted by Crippen LogP contribution is -2.49. The number of benzene rings is 1. The molecule has 1 aromatic carbocycles. The first kappa shape index (κ1) is 17.3. The monoisotopic (exact) mass is 368 g/mol. The zero-order valence-corrected chi connectivity index (χ0v) is 15.2. The number of rotatable bonds is 3. The molecule has 6 heteroatoms. The van der Waals surface area contributed by atoms with Crippen LogP contribution >= 0.6 is 11.6 Å². The van der Waals surface area contributed by atoms with Crippen molar-refractivity contribution >= 4 is 11.6 Å². The van der Waals surface area contributed by atoms with E-state index in [1.165, 1.54) is 0 Å². The highest BCUT2D eigenvalue weighted by molar-refractivity contribution is 6.32. The van der Waals surface area contributed by atoms with Crippen LogP contribution in [0.4, 0.5) is 0 Å². The summed E-state index contributed by atoms with van der Waals surface area (Å²) in [5.74, 6) is 0.596. The fourth-order valence-corrected chi connectivity index (χ4v) is 4.22. The smallest absolute Gasteiger partial charge is 0.141 e. The molecule has 134 valence electrons. The molecule has 0 bridgehead atoms. The predicted octanol–water partition coefficient (Wildman–Crippen LogP) is 3.07. The Morgan fingerprint density at radius 1 is 1.35 bits per heavy atom. The van der Waals surface area contributed by atoms with E-state index in [1.807, 2.05) is 12.3 Å². The Balaban J connectivity index is 1.64. The van der Waals surface area contributed by atoms with Gasteiger partial charge in [-0.3, -0.25) is 9.88 Å². The summed E-state index contributed by atoms with van der Waals surface area (Å²) < 4.78 is 6.37. The lowest BCUT2D eigenvalue weighted by atomic mass is 10.0. The van der Waals surface area contributed by atoms with Gasteiger partial charge in [-0.1, -0.05) is 17.7 Å². The number of ether oxygens (including phenoxy) is 1. The van der Waals surface area contributed by atoms with Crippen molar-refractivity contribution in [3.05, 3.63) is 58.4 Å². The normalized spacial score (nSPS) is 25.5. The van der Waals surface area contributed by atoms with E-state index < -0.39 is 0 Å². The molecule has 2 heterocycles. The van der Waals surface area contributed by atoms with Crippen LogP contribution in [0.25, 0.3) is 0 Å². The second-order valence-corrected chi connectivity index (χ2v) is 7.41. The third kappa shape index (κ3) is 3.28. The highest BCUT2D eigenvalue weighted by Gasteiger charge is 2.40. The number of pyridine rings is 1. The van der Waals surface area contributed by atoms with Crippen LogP contribution in [0.15, 0.2) is 36.5 Å². The first-order valence-electron chi connectivity index (χ1n) is 8.95. The molecule has 0 radical (unpaired) electrons. The van der Waals surface area contributed by atoms with Crippen molar-refractivity contribution in [3.8, 4) is 11.8 Å². The van der Waals surface area contributed by atoms with Crippen molar-refractivity contribution in [2.24, 2.45) is 5.73 Å². The quantitative estimate of drug-likeness (QED) is 0.901. The van der Waals surface area contributed by atoms with Gasteiger partial charge in [0.15, 0.2) is 0 Å². The number of halogens is 1. The molecule has 2 aliphatic rings. The molecule has 1 aliphatic heterocycles. The fraction of sp³-hybridized carbons (Fsp3) is 0.400. The average Bonchev–Trinajstić information content (AvgIpc) is 3.02. The third-order valence-electron chi connectivity index (χ3n) is 5.26. The van der Waals surface area contributed by atoms with Crippen molar-refractivity contribution < 1.29 is 4.74 Å². The van der Waals surface area contributed by atoms with Gasteiger partial charge in [0.1, 0.15) is 11.9 Å². The second kappa shape index (κ2) is 7.24. The molecule has 1 saturated heterocycles. The Morgan fingerprint density at radius 2 is 2.23 bits per heavy atom. The molecule has 1 fully saturated rings. The highest BCUT2D eigenvalue weighted by Crippen LogP contribution is 2.39. The molecule has 2 N–H and O–H groups in total. The first-order chi connectivity index (χ1) is 12.7.